The lowest BCUT2D eigenvalue weighted by atomic mass is 9.94. The molecular formula is C22H26N4. The van der Waals surface area contributed by atoms with Gasteiger partial charge in [0.1, 0.15) is 12.1 Å². The van der Waals surface area contributed by atoms with Crippen LogP contribution in [0.2, 0.25) is 0 Å². The number of aromatic nitrogens is 3. The molecule has 1 atom stereocenters. The molecule has 4 rings (SSSR count). The van der Waals surface area contributed by atoms with Crippen LogP contribution in [0, 0.1) is 0 Å². The Morgan fingerprint density at radius 2 is 1.96 bits per heavy atom. The van der Waals surface area contributed by atoms with Gasteiger partial charge in [0, 0.05) is 30.6 Å². The Morgan fingerprint density at radius 1 is 1.04 bits per heavy atom. The second-order valence-corrected chi connectivity index (χ2v) is 7.12. The first-order chi connectivity index (χ1) is 12.9. The Morgan fingerprint density at radius 3 is 2.81 bits per heavy atom. The number of benzene rings is 1. The van der Waals surface area contributed by atoms with Crippen molar-refractivity contribution in [1.29, 1.82) is 0 Å². The van der Waals surface area contributed by atoms with Gasteiger partial charge in [-0.2, -0.15) is 0 Å². The zero-order chi connectivity index (χ0) is 17.6. The summed E-state index contributed by atoms with van der Waals surface area (Å²) in [6.45, 7) is 3.51. The molecule has 4 nitrogen and oxygen atoms in total. The van der Waals surface area contributed by atoms with Crippen molar-refractivity contribution < 1.29 is 0 Å². The molecule has 0 saturated carbocycles. The van der Waals surface area contributed by atoms with E-state index in [4.69, 9.17) is 4.98 Å². The molecule has 4 heteroatoms. The molecule has 0 spiro atoms. The van der Waals surface area contributed by atoms with Crippen LogP contribution in [0.25, 0.3) is 5.82 Å². The van der Waals surface area contributed by atoms with Crippen LogP contribution in [-0.4, -0.2) is 39.1 Å². The monoisotopic (exact) mass is 346 g/mol. The van der Waals surface area contributed by atoms with Crippen molar-refractivity contribution in [2.75, 3.05) is 19.6 Å². The lowest BCUT2D eigenvalue weighted by Crippen LogP contribution is -2.35. The average molecular weight is 346 g/mol. The lowest BCUT2D eigenvalue weighted by Gasteiger charge is -2.32. The van der Waals surface area contributed by atoms with Crippen molar-refractivity contribution in [2.24, 2.45) is 0 Å². The molecular weight excluding hydrogens is 320 g/mol. The van der Waals surface area contributed by atoms with Gasteiger partial charge in [-0.05, 0) is 56.5 Å². The second kappa shape index (κ2) is 8.28. The molecule has 1 aliphatic heterocycles. The van der Waals surface area contributed by atoms with Crippen LogP contribution in [0.3, 0.4) is 0 Å². The normalized spacial score (nSPS) is 18.1. The van der Waals surface area contributed by atoms with Gasteiger partial charge < -0.3 is 4.90 Å². The average Bonchev–Trinajstić information content (AvgIpc) is 3.24. The summed E-state index contributed by atoms with van der Waals surface area (Å²) in [5.74, 6) is 1.49. The highest BCUT2D eigenvalue weighted by Gasteiger charge is 2.22. The van der Waals surface area contributed by atoms with Crippen molar-refractivity contribution in [3.05, 3.63) is 78.5 Å². The summed E-state index contributed by atoms with van der Waals surface area (Å²) in [5.41, 5.74) is 2.65. The maximum Gasteiger partial charge on any atom is 0.138 e. The first-order valence-corrected chi connectivity index (χ1v) is 9.60. The molecule has 1 aromatic carbocycles. The Hall–Kier alpha value is -2.46. The van der Waals surface area contributed by atoms with E-state index in [0.29, 0.717) is 5.92 Å². The number of hydrogen-bond acceptors (Lipinski definition) is 3. The minimum atomic E-state index is 0.531. The molecule has 3 aromatic rings. The van der Waals surface area contributed by atoms with E-state index in [-0.39, 0.29) is 0 Å². The van der Waals surface area contributed by atoms with E-state index < -0.39 is 0 Å². The smallest absolute Gasteiger partial charge is 0.138 e. The third-order valence-corrected chi connectivity index (χ3v) is 5.23. The van der Waals surface area contributed by atoms with Crippen molar-refractivity contribution in [1.82, 2.24) is 19.4 Å². The Kier molecular flexibility index (Phi) is 5.41. The molecule has 0 amide bonds. The van der Waals surface area contributed by atoms with Gasteiger partial charge in [-0.1, -0.05) is 36.4 Å². The van der Waals surface area contributed by atoms with E-state index in [0.717, 1.165) is 18.8 Å². The van der Waals surface area contributed by atoms with E-state index in [1.807, 2.05) is 23.2 Å². The number of piperidine rings is 1. The van der Waals surface area contributed by atoms with Crippen LogP contribution >= 0.6 is 0 Å². The zero-order valence-corrected chi connectivity index (χ0v) is 15.2. The highest BCUT2D eigenvalue weighted by Crippen LogP contribution is 2.26. The van der Waals surface area contributed by atoms with Crippen LogP contribution in [-0.2, 0) is 6.42 Å². The summed E-state index contributed by atoms with van der Waals surface area (Å²) in [4.78, 5) is 11.6. The van der Waals surface area contributed by atoms with Gasteiger partial charge in [0.05, 0.1) is 0 Å². The van der Waals surface area contributed by atoms with E-state index in [1.54, 1.807) is 6.20 Å². The van der Waals surface area contributed by atoms with Gasteiger partial charge in [-0.25, -0.2) is 9.97 Å². The molecule has 2 aromatic heterocycles. The number of likely N-dealkylation sites (tertiary alicyclic amines) is 1. The molecule has 0 aliphatic carbocycles. The highest BCUT2D eigenvalue weighted by molar-refractivity contribution is 5.26. The Bertz CT molecular complexity index is 798. The molecule has 0 N–H and O–H groups in total. The van der Waals surface area contributed by atoms with E-state index in [1.165, 1.54) is 43.6 Å². The summed E-state index contributed by atoms with van der Waals surface area (Å²) < 4.78 is 1.98. The number of imidazole rings is 1. The van der Waals surface area contributed by atoms with Gasteiger partial charge in [-0.15, -0.1) is 0 Å². The van der Waals surface area contributed by atoms with Crippen molar-refractivity contribution in [3.63, 3.8) is 0 Å². The molecule has 26 heavy (non-hydrogen) atoms. The molecule has 1 aliphatic rings. The van der Waals surface area contributed by atoms with E-state index in [2.05, 4.69) is 52.3 Å². The minimum Gasteiger partial charge on any atom is -0.303 e. The highest BCUT2D eigenvalue weighted by atomic mass is 15.1. The summed E-state index contributed by atoms with van der Waals surface area (Å²) in [7, 11) is 0. The minimum absolute atomic E-state index is 0.531. The number of hydrogen-bond donors (Lipinski definition) is 0. The fourth-order valence-corrected chi connectivity index (χ4v) is 3.86. The van der Waals surface area contributed by atoms with E-state index in [9.17, 15) is 0 Å². The third-order valence-electron chi connectivity index (χ3n) is 5.23. The van der Waals surface area contributed by atoms with E-state index >= 15 is 0 Å². The zero-order valence-electron chi connectivity index (χ0n) is 15.2. The second-order valence-electron chi connectivity index (χ2n) is 7.12. The Labute approximate surface area is 155 Å². The van der Waals surface area contributed by atoms with Crippen molar-refractivity contribution in [3.8, 4) is 5.82 Å². The SMILES string of the molecule is c1ccc(CCCN2CCC[C@H](c3cccc(-n4ccnc4)n3)C2)cc1. The van der Waals surface area contributed by atoms with Crippen LogP contribution in [0.5, 0.6) is 0 Å². The number of nitrogens with zero attached hydrogens (tertiary/aromatic N) is 4. The van der Waals surface area contributed by atoms with Crippen molar-refractivity contribution >= 4 is 0 Å². The maximum atomic E-state index is 4.90. The van der Waals surface area contributed by atoms with Gasteiger partial charge in [0.25, 0.3) is 0 Å². The molecule has 0 radical (unpaired) electrons. The number of aryl methyl sites for hydroxylation is 1. The third kappa shape index (κ3) is 4.20. The first-order valence-electron chi connectivity index (χ1n) is 9.60. The number of rotatable bonds is 6. The fourth-order valence-electron chi connectivity index (χ4n) is 3.86. The quantitative estimate of drug-likeness (QED) is 0.674. The number of pyridine rings is 1. The Balaban J connectivity index is 1.35. The van der Waals surface area contributed by atoms with Gasteiger partial charge in [0.2, 0.25) is 0 Å². The summed E-state index contributed by atoms with van der Waals surface area (Å²) in [6.07, 6.45) is 10.4. The largest absolute Gasteiger partial charge is 0.303 e. The van der Waals surface area contributed by atoms with Crippen LogP contribution < -0.4 is 0 Å². The van der Waals surface area contributed by atoms with Gasteiger partial charge >= 0.3 is 0 Å². The maximum absolute atomic E-state index is 4.90. The molecule has 0 bridgehead atoms. The van der Waals surface area contributed by atoms with Crippen LogP contribution in [0.15, 0.2) is 67.3 Å². The first kappa shape index (κ1) is 17.0. The predicted octanol–water partition coefficient (Wildman–Crippen LogP) is 4.08. The van der Waals surface area contributed by atoms with Gasteiger partial charge in [0.15, 0.2) is 0 Å². The predicted molar refractivity (Wildman–Crippen MR) is 105 cm³/mol. The van der Waals surface area contributed by atoms with Crippen LogP contribution in [0.1, 0.15) is 36.4 Å². The molecule has 1 saturated heterocycles. The van der Waals surface area contributed by atoms with Crippen LogP contribution in [0.4, 0.5) is 0 Å². The molecule has 3 heterocycles. The van der Waals surface area contributed by atoms with Gasteiger partial charge in [-0.3, -0.25) is 4.57 Å². The molecule has 0 unspecified atom stereocenters. The summed E-state index contributed by atoms with van der Waals surface area (Å²) >= 11 is 0. The topological polar surface area (TPSA) is 34.0 Å². The van der Waals surface area contributed by atoms with Crippen molar-refractivity contribution in [2.45, 2.75) is 31.6 Å². The summed E-state index contributed by atoms with van der Waals surface area (Å²) in [6, 6.07) is 17.1. The molecule has 134 valence electrons. The lowest BCUT2D eigenvalue weighted by molar-refractivity contribution is 0.204. The fraction of sp³-hybridized carbons (Fsp3) is 0.364. The molecule has 1 fully saturated rings. The standard InChI is InChI=1S/C22H26N4/c1-2-7-19(8-3-1)9-5-14-25-15-6-10-20(17-25)21-11-4-12-22(24-21)26-16-13-23-18-26/h1-4,7-8,11-13,16,18,20H,5-6,9-10,14-15,17H2/t20-/m0/s1. The summed E-state index contributed by atoms with van der Waals surface area (Å²) in [5, 5.41) is 0.